The van der Waals surface area contributed by atoms with Crippen molar-refractivity contribution in [1.29, 1.82) is 0 Å². The fourth-order valence-electron chi connectivity index (χ4n) is 1.44. The largest absolute Gasteiger partial charge is 0.465 e. The first-order valence-electron chi connectivity index (χ1n) is 6.11. The summed E-state index contributed by atoms with van der Waals surface area (Å²) < 4.78 is 31.7. The van der Waals surface area contributed by atoms with E-state index < -0.39 is 27.6 Å². The molecule has 1 atom stereocenters. The lowest BCUT2D eigenvalue weighted by molar-refractivity contribution is 0.0600. The molecule has 0 heterocycles. The molecule has 2 N–H and O–H groups in total. The van der Waals surface area contributed by atoms with Gasteiger partial charge in [-0.2, -0.15) is 0 Å². The van der Waals surface area contributed by atoms with Crippen LogP contribution in [0.1, 0.15) is 31.1 Å². The number of aliphatic hydroxyl groups is 1. The third-order valence-corrected chi connectivity index (χ3v) is 5.24. The molecule has 118 valence electrons. The molecule has 0 radical (unpaired) electrons. The topological polar surface area (TPSA) is 92.7 Å². The molecule has 0 saturated carbocycles. The standard InChI is InChI=1S/C13H18ClNO5S/c1-8(16)13(2,3)15-21(18,19)11-7-9(12(17)20-4)5-6-10(11)14/h5-8,15-16H,1-4H3. The number of hydrogen-bond donors (Lipinski definition) is 2. The van der Waals surface area contributed by atoms with Crippen LogP contribution in [0, 0.1) is 0 Å². The van der Waals surface area contributed by atoms with Crippen LogP contribution in [-0.4, -0.2) is 38.2 Å². The van der Waals surface area contributed by atoms with Crippen molar-refractivity contribution in [2.45, 2.75) is 37.3 Å². The maximum atomic E-state index is 12.4. The van der Waals surface area contributed by atoms with Crippen LogP contribution in [0.25, 0.3) is 0 Å². The minimum atomic E-state index is -4.01. The van der Waals surface area contributed by atoms with Gasteiger partial charge in [-0.1, -0.05) is 11.6 Å². The Hall–Kier alpha value is -1.15. The highest BCUT2D eigenvalue weighted by molar-refractivity contribution is 7.89. The van der Waals surface area contributed by atoms with E-state index in [1.165, 1.54) is 40.0 Å². The number of esters is 1. The smallest absolute Gasteiger partial charge is 0.337 e. The molecule has 8 heteroatoms. The number of rotatable bonds is 5. The summed E-state index contributed by atoms with van der Waals surface area (Å²) in [5.74, 6) is -0.669. The van der Waals surface area contributed by atoms with Crippen molar-refractivity contribution >= 4 is 27.6 Å². The summed E-state index contributed by atoms with van der Waals surface area (Å²) in [5.41, 5.74) is -1.03. The Morgan fingerprint density at radius 2 is 2.00 bits per heavy atom. The average Bonchev–Trinajstić information content (AvgIpc) is 2.36. The first-order valence-corrected chi connectivity index (χ1v) is 7.97. The second-order valence-electron chi connectivity index (χ2n) is 5.14. The SMILES string of the molecule is COC(=O)c1ccc(Cl)c(S(=O)(=O)NC(C)(C)C(C)O)c1. The molecular formula is C13H18ClNO5S. The van der Waals surface area contributed by atoms with Gasteiger partial charge in [-0.3, -0.25) is 0 Å². The van der Waals surface area contributed by atoms with Crippen LogP contribution >= 0.6 is 11.6 Å². The molecule has 1 aromatic carbocycles. The number of nitrogens with one attached hydrogen (secondary N) is 1. The van der Waals surface area contributed by atoms with Crippen molar-refractivity contribution in [3.8, 4) is 0 Å². The Balaban J connectivity index is 3.28. The summed E-state index contributed by atoms with van der Waals surface area (Å²) in [6.45, 7) is 4.54. The van der Waals surface area contributed by atoms with Gasteiger partial charge in [0.05, 0.1) is 29.3 Å². The summed E-state index contributed by atoms with van der Waals surface area (Å²) >= 11 is 5.90. The predicted molar refractivity (Wildman–Crippen MR) is 78.9 cm³/mol. The summed E-state index contributed by atoms with van der Waals surface area (Å²) in [6.07, 6.45) is -0.921. The van der Waals surface area contributed by atoms with Gasteiger partial charge in [0.1, 0.15) is 4.90 Å². The molecule has 6 nitrogen and oxygen atoms in total. The maximum Gasteiger partial charge on any atom is 0.337 e. The van der Waals surface area contributed by atoms with Gasteiger partial charge >= 0.3 is 5.97 Å². The van der Waals surface area contributed by atoms with Crippen molar-refractivity contribution in [2.24, 2.45) is 0 Å². The quantitative estimate of drug-likeness (QED) is 0.797. The second kappa shape index (κ2) is 6.31. The van der Waals surface area contributed by atoms with Gasteiger partial charge in [0.25, 0.3) is 0 Å². The monoisotopic (exact) mass is 335 g/mol. The first kappa shape index (κ1) is 17.9. The van der Waals surface area contributed by atoms with E-state index in [-0.39, 0.29) is 15.5 Å². The van der Waals surface area contributed by atoms with Crippen molar-refractivity contribution in [1.82, 2.24) is 4.72 Å². The Bertz CT molecular complexity index is 640. The van der Waals surface area contributed by atoms with E-state index >= 15 is 0 Å². The van der Waals surface area contributed by atoms with E-state index in [1.54, 1.807) is 0 Å². The molecule has 0 aromatic heterocycles. The number of benzene rings is 1. The fraction of sp³-hybridized carbons (Fsp3) is 0.462. The molecule has 0 spiro atoms. The van der Waals surface area contributed by atoms with Crippen LogP contribution in [0.2, 0.25) is 5.02 Å². The number of halogens is 1. The zero-order chi connectivity index (χ0) is 16.4. The summed E-state index contributed by atoms with van der Waals surface area (Å²) in [4.78, 5) is 11.2. The highest BCUT2D eigenvalue weighted by atomic mass is 35.5. The highest BCUT2D eigenvalue weighted by Crippen LogP contribution is 2.25. The number of aliphatic hydroxyl groups excluding tert-OH is 1. The molecule has 0 aliphatic carbocycles. The number of carbonyl (C=O) groups is 1. The summed E-state index contributed by atoms with van der Waals surface area (Å²) in [7, 11) is -2.81. The van der Waals surface area contributed by atoms with E-state index in [0.29, 0.717) is 0 Å². The molecular weight excluding hydrogens is 318 g/mol. The maximum absolute atomic E-state index is 12.4. The number of methoxy groups -OCH3 is 1. The lowest BCUT2D eigenvalue weighted by Gasteiger charge is -2.29. The van der Waals surface area contributed by atoms with Crippen LogP contribution in [0.4, 0.5) is 0 Å². The van der Waals surface area contributed by atoms with Crippen molar-refractivity contribution in [3.05, 3.63) is 28.8 Å². The minimum Gasteiger partial charge on any atom is -0.465 e. The molecule has 0 aliphatic heterocycles. The molecule has 1 unspecified atom stereocenters. The molecule has 1 aromatic rings. The Kier molecular flexibility index (Phi) is 5.38. The van der Waals surface area contributed by atoms with Crippen LogP contribution < -0.4 is 4.72 Å². The lowest BCUT2D eigenvalue weighted by atomic mass is 10.0. The molecule has 0 fully saturated rings. The molecule has 0 saturated heterocycles. The number of sulfonamides is 1. The van der Waals surface area contributed by atoms with Crippen molar-refractivity contribution in [2.75, 3.05) is 7.11 Å². The van der Waals surface area contributed by atoms with E-state index in [2.05, 4.69) is 9.46 Å². The van der Waals surface area contributed by atoms with E-state index in [0.717, 1.165) is 6.07 Å². The summed E-state index contributed by atoms with van der Waals surface area (Å²) in [5, 5.41) is 9.58. The lowest BCUT2D eigenvalue weighted by Crippen LogP contribution is -2.50. The molecule has 0 aliphatic rings. The van der Waals surface area contributed by atoms with Gasteiger partial charge < -0.3 is 9.84 Å². The van der Waals surface area contributed by atoms with Gasteiger partial charge in [0.2, 0.25) is 10.0 Å². The van der Waals surface area contributed by atoms with Crippen molar-refractivity contribution in [3.63, 3.8) is 0 Å². The molecule has 1 rings (SSSR count). The summed E-state index contributed by atoms with van der Waals surface area (Å²) in [6, 6.07) is 3.80. The molecule has 0 amide bonds. The number of hydrogen-bond acceptors (Lipinski definition) is 5. The van der Waals surface area contributed by atoms with Crippen LogP contribution in [0.5, 0.6) is 0 Å². The van der Waals surface area contributed by atoms with Gasteiger partial charge in [-0.15, -0.1) is 0 Å². The highest BCUT2D eigenvalue weighted by Gasteiger charge is 2.32. The third-order valence-electron chi connectivity index (χ3n) is 3.08. The Morgan fingerprint density at radius 1 is 1.43 bits per heavy atom. The van der Waals surface area contributed by atoms with E-state index in [1.807, 2.05) is 0 Å². The van der Waals surface area contributed by atoms with Crippen LogP contribution in [0.3, 0.4) is 0 Å². The van der Waals surface area contributed by atoms with Crippen LogP contribution in [-0.2, 0) is 14.8 Å². The Labute approximate surface area is 129 Å². The normalized spacial score (nSPS) is 13.8. The number of carbonyl (C=O) groups excluding carboxylic acids is 1. The predicted octanol–water partition coefficient (Wildman–Crippen LogP) is 1.56. The molecule has 21 heavy (non-hydrogen) atoms. The molecule has 0 bridgehead atoms. The Morgan fingerprint density at radius 3 is 2.48 bits per heavy atom. The van der Waals surface area contributed by atoms with E-state index in [4.69, 9.17) is 11.6 Å². The fourth-order valence-corrected chi connectivity index (χ4v) is 3.44. The van der Waals surface area contributed by atoms with Crippen molar-refractivity contribution < 1.29 is 23.1 Å². The van der Waals surface area contributed by atoms with Gasteiger partial charge in [-0.25, -0.2) is 17.9 Å². The van der Waals surface area contributed by atoms with Crippen LogP contribution in [0.15, 0.2) is 23.1 Å². The average molecular weight is 336 g/mol. The van der Waals surface area contributed by atoms with Gasteiger partial charge in [-0.05, 0) is 39.0 Å². The number of ether oxygens (including phenoxy) is 1. The first-order chi connectivity index (χ1) is 9.51. The van der Waals surface area contributed by atoms with Gasteiger partial charge in [0, 0.05) is 0 Å². The van der Waals surface area contributed by atoms with Gasteiger partial charge in [0.15, 0.2) is 0 Å². The third kappa shape index (κ3) is 4.16. The second-order valence-corrected chi connectivity index (χ2v) is 7.20. The minimum absolute atomic E-state index is 0.0310. The zero-order valence-corrected chi connectivity index (χ0v) is 13.7. The zero-order valence-electron chi connectivity index (χ0n) is 12.2. The van der Waals surface area contributed by atoms with E-state index in [9.17, 15) is 18.3 Å².